The summed E-state index contributed by atoms with van der Waals surface area (Å²) in [5.74, 6) is 1.22. The highest BCUT2D eigenvalue weighted by atomic mass is 16.5. The van der Waals surface area contributed by atoms with Crippen molar-refractivity contribution in [1.29, 1.82) is 0 Å². The molecule has 28 heavy (non-hydrogen) atoms. The van der Waals surface area contributed by atoms with E-state index >= 15 is 0 Å². The molecule has 2 N–H and O–H groups in total. The van der Waals surface area contributed by atoms with Crippen molar-refractivity contribution in [3.63, 3.8) is 0 Å². The van der Waals surface area contributed by atoms with Crippen LogP contribution in [0.2, 0.25) is 0 Å². The molecule has 4 rings (SSSR count). The van der Waals surface area contributed by atoms with Crippen LogP contribution in [0, 0.1) is 12.8 Å². The van der Waals surface area contributed by atoms with Gasteiger partial charge < -0.3 is 19.9 Å². The second-order valence-corrected chi connectivity index (χ2v) is 7.60. The molecule has 0 radical (unpaired) electrons. The van der Waals surface area contributed by atoms with Crippen LogP contribution in [0.3, 0.4) is 0 Å². The molecule has 0 unspecified atom stereocenters. The maximum absolute atomic E-state index is 12.3. The van der Waals surface area contributed by atoms with Gasteiger partial charge in [0.1, 0.15) is 11.9 Å². The second-order valence-electron chi connectivity index (χ2n) is 7.60. The van der Waals surface area contributed by atoms with Crippen molar-refractivity contribution in [2.75, 3.05) is 13.1 Å². The van der Waals surface area contributed by atoms with E-state index in [1.165, 1.54) is 0 Å². The van der Waals surface area contributed by atoms with Crippen LogP contribution in [0.4, 0.5) is 0 Å². The number of carbonyl (C=O) groups excluding carboxylic acids is 2. The van der Waals surface area contributed by atoms with Gasteiger partial charge in [0.15, 0.2) is 0 Å². The summed E-state index contributed by atoms with van der Waals surface area (Å²) in [5.41, 5.74) is 2.37. The van der Waals surface area contributed by atoms with E-state index in [4.69, 9.17) is 4.74 Å². The SMILES string of the molecule is Cc1[nH]cnc1CNC(=O)c1ccc(OC2CCN(C(=O)C3CC3)CC2)cc1. The number of H-pyrrole nitrogens is 1. The maximum atomic E-state index is 12.3. The van der Waals surface area contributed by atoms with Gasteiger partial charge in [0.2, 0.25) is 5.91 Å². The number of rotatable bonds is 6. The van der Waals surface area contributed by atoms with E-state index in [1.807, 2.05) is 24.0 Å². The van der Waals surface area contributed by atoms with Gasteiger partial charge >= 0.3 is 0 Å². The van der Waals surface area contributed by atoms with Crippen LogP contribution in [0.1, 0.15) is 47.4 Å². The summed E-state index contributed by atoms with van der Waals surface area (Å²) in [4.78, 5) is 33.5. The summed E-state index contributed by atoms with van der Waals surface area (Å²) >= 11 is 0. The Morgan fingerprint density at radius 1 is 1.18 bits per heavy atom. The number of amides is 2. The number of carbonyl (C=O) groups is 2. The Morgan fingerprint density at radius 3 is 2.50 bits per heavy atom. The number of imidazole rings is 1. The highest BCUT2D eigenvalue weighted by Gasteiger charge is 2.35. The number of nitrogens with zero attached hydrogens (tertiary/aromatic N) is 2. The molecule has 1 aromatic carbocycles. The normalized spacial score (nSPS) is 17.4. The molecule has 1 aliphatic carbocycles. The third kappa shape index (κ3) is 4.35. The van der Waals surface area contributed by atoms with E-state index in [-0.39, 0.29) is 17.9 Å². The number of piperidine rings is 1. The predicted molar refractivity (Wildman–Crippen MR) is 104 cm³/mol. The van der Waals surface area contributed by atoms with Crippen LogP contribution in [-0.2, 0) is 11.3 Å². The van der Waals surface area contributed by atoms with Crippen molar-refractivity contribution in [2.45, 2.75) is 45.3 Å². The Bertz CT molecular complexity index is 834. The van der Waals surface area contributed by atoms with Crippen molar-refractivity contribution in [2.24, 2.45) is 5.92 Å². The lowest BCUT2D eigenvalue weighted by atomic mass is 10.1. The van der Waals surface area contributed by atoms with Gasteiger partial charge in [0, 0.05) is 43.1 Å². The quantitative estimate of drug-likeness (QED) is 0.803. The summed E-state index contributed by atoms with van der Waals surface area (Å²) in [6.45, 7) is 3.86. The Hall–Kier alpha value is -2.83. The summed E-state index contributed by atoms with van der Waals surface area (Å²) in [6, 6.07) is 7.20. The molecule has 0 atom stereocenters. The van der Waals surface area contributed by atoms with E-state index in [0.29, 0.717) is 18.0 Å². The zero-order valence-electron chi connectivity index (χ0n) is 16.1. The number of likely N-dealkylation sites (tertiary alicyclic amines) is 1. The number of hydrogen-bond donors (Lipinski definition) is 2. The molecule has 0 bridgehead atoms. The Kier molecular flexibility index (Phi) is 5.32. The highest BCUT2D eigenvalue weighted by molar-refractivity contribution is 5.94. The first-order chi connectivity index (χ1) is 13.6. The second kappa shape index (κ2) is 8.04. The number of nitrogens with one attached hydrogen (secondary N) is 2. The van der Waals surface area contributed by atoms with Crippen molar-refractivity contribution < 1.29 is 14.3 Å². The standard InChI is InChI=1S/C21H26N4O3/c1-14-19(24-13-23-14)12-22-20(26)15-4-6-17(7-5-15)28-18-8-10-25(11-9-18)21(27)16-2-3-16/h4-7,13,16,18H,2-3,8-12H2,1H3,(H,22,26)(H,23,24). The fraction of sp³-hybridized carbons (Fsp3) is 0.476. The third-order valence-corrected chi connectivity index (χ3v) is 5.45. The number of aromatic nitrogens is 2. The lowest BCUT2D eigenvalue weighted by Crippen LogP contribution is -2.42. The van der Waals surface area contributed by atoms with Gasteiger partial charge in [-0.25, -0.2) is 4.98 Å². The molecule has 1 aromatic heterocycles. The summed E-state index contributed by atoms with van der Waals surface area (Å²) in [5, 5.41) is 2.87. The fourth-order valence-electron chi connectivity index (χ4n) is 3.49. The van der Waals surface area contributed by atoms with Gasteiger partial charge in [0.05, 0.1) is 18.6 Å². The Labute approximate surface area is 164 Å². The molecule has 2 heterocycles. The van der Waals surface area contributed by atoms with Crippen LogP contribution in [-0.4, -0.2) is 45.9 Å². The van der Waals surface area contributed by atoms with E-state index < -0.39 is 0 Å². The minimum Gasteiger partial charge on any atom is -0.490 e. The highest BCUT2D eigenvalue weighted by Crippen LogP contribution is 2.32. The molecule has 7 nitrogen and oxygen atoms in total. The lowest BCUT2D eigenvalue weighted by Gasteiger charge is -2.32. The first-order valence-electron chi connectivity index (χ1n) is 9.92. The molecule has 1 saturated heterocycles. The minimum atomic E-state index is -0.138. The van der Waals surface area contributed by atoms with Crippen LogP contribution in [0.25, 0.3) is 0 Å². The monoisotopic (exact) mass is 382 g/mol. The zero-order chi connectivity index (χ0) is 19.5. The van der Waals surface area contributed by atoms with Crippen molar-refractivity contribution >= 4 is 11.8 Å². The van der Waals surface area contributed by atoms with Gasteiger partial charge in [0.25, 0.3) is 5.91 Å². The average Bonchev–Trinajstić information content (AvgIpc) is 3.49. The molecular formula is C21H26N4O3. The smallest absolute Gasteiger partial charge is 0.251 e. The average molecular weight is 382 g/mol. The molecule has 1 aliphatic heterocycles. The summed E-state index contributed by atoms with van der Waals surface area (Å²) in [7, 11) is 0. The molecular weight excluding hydrogens is 356 g/mol. The van der Waals surface area contributed by atoms with Crippen LogP contribution in [0.15, 0.2) is 30.6 Å². The van der Waals surface area contributed by atoms with Gasteiger partial charge in [-0.1, -0.05) is 0 Å². The van der Waals surface area contributed by atoms with E-state index in [0.717, 1.165) is 55.9 Å². The molecule has 2 amide bonds. The molecule has 148 valence electrons. The molecule has 7 heteroatoms. The summed E-state index contributed by atoms with van der Waals surface area (Å²) in [6.07, 6.45) is 5.54. The lowest BCUT2D eigenvalue weighted by molar-refractivity contribution is -0.134. The van der Waals surface area contributed by atoms with Crippen molar-refractivity contribution in [3.05, 3.63) is 47.5 Å². The zero-order valence-corrected chi connectivity index (χ0v) is 16.1. The van der Waals surface area contributed by atoms with Gasteiger partial charge in [-0.15, -0.1) is 0 Å². The van der Waals surface area contributed by atoms with E-state index in [1.54, 1.807) is 18.5 Å². The first kappa shape index (κ1) is 18.5. The number of ether oxygens (including phenoxy) is 1. The number of aryl methyl sites for hydroxylation is 1. The third-order valence-electron chi connectivity index (χ3n) is 5.45. The molecule has 2 aliphatic rings. The number of benzene rings is 1. The van der Waals surface area contributed by atoms with E-state index in [2.05, 4.69) is 15.3 Å². The first-order valence-corrected chi connectivity index (χ1v) is 9.92. The van der Waals surface area contributed by atoms with Crippen LogP contribution < -0.4 is 10.1 Å². The minimum absolute atomic E-state index is 0.116. The summed E-state index contributed by atoms with van der Waals surface area (Å²) < 4.78 is 6.05. The van der Waals surface area contributed by atoms with Crippen LogP contribution >= 0.6 is 0 Å². The Morgan fingerprint density at radius 2 is 1.89 bits per heavy atom. The molecule has 0 spiro atoms. The largest absolute Gasteiger partial charge is 0.490 e. The number of aromatic amines is 1. The molecule has 1 saturated carbocycles. The molecule has 2 aromatic rings. The van der Waals surface area contributed by atoms with Gasteiger partial charge in [-0.05, 0) is 44.0 Å². The maximum Gasteiger partial charge on any atom is 0.251 e. The van der Waals surface area contributed by atoms with Gasteiger partial charge in [-0.3, -0.25) is 9.59 Å². The van der Waals surface area contributed by atoms with Gasteiger partial charge in [-0.2, -0.15) is 0 Å². The Balaban J connectivity index is 1.25. The fourth-order valence-corrected chi connectivity index (χ4v) is 3.49. The van der Waals surface area contributed by atoms with E-state index in [9.17, 15) is 9.59 Å². The van der Waals surface area contributed by atoms with Crippen molar-refractivity contribution in [3.8, 4) is 5.75 Å². The predicted octanol–water partition coefficient (Wildman–Crippen LogP) is 2.43. The van der Waals surface area contributed by atoms with Crippen LogP contribution in [0.5, 0.6) is 5.75 Å². The molecule has 2 fully saturated rings. The van der Waals surface area contributed by atoms with Crippen molar-refractivity contribution in [1.82, 2.24) is 20.2 Å². The topological polar surface area (TPSA) is 87.3 Å². The number of hydrogen-bond acceptors (Lipinski definition) is 4.